The van der Waals surface area contributed by atoms with Crippen molar-refractivity contribution in [3.63, 3.8) is 0 Å². The zero-order valence-electron chi connectivity index (χ0n) is 22.2. The van der Waals surface area contributed by atoms with E-state index in [2.05, 4.69) is 24.0 Å². The van der Waals surface area contributed by atoms with E-state index in [1.807, 2.05) is 0 Å². The zero-order valence-corrected chi connectivity index (χ0v) is 22.2. The van der Waals surface area contributed by atoms with E-state index in [1.165, 1.54) is 28.5 Å². The molecule has 0 amide bonds. The molecule has 0 aliphatic heterocycles. The van der Waals surface area contributed by atoms with E-state index in [1.54, 1.807) is 38.5 Å². The summed E-state index contributed by atoms with van der Waals surface area (Å²) in [4.78, 5) is 13.4. The Hall–Kier alpha value is -3.56. The molecule has 2 aromatic heterocycles. The summed E-state index contributed by atoms with van der Waals surface area (Å²) in [5.74, 6) is 2.38. The number of hydrogen-bond donors (Lipinski definition) is 1. The average Bonchev–Trinajstić information content (AvgIpc) is 3.24. The number of nitrogens with zero attached hydrogens (tertiary/aromatic N) is 4. The highest BCUT2D eigenvalue weighted by molar-refractivity contribution is 5.96. The first-order valence-electron chi connectivity index (χ1n) is 13.1. The zero-order chi connectivity index (χ0) is 26.4. The van der Waals surface area contributed by atoms with Crippen LogP contribution in [0.1, 0.15) is 69.2 Å². The van der Waals surface area contributed by atoms with Gasteiger partial charge in [-0.1, -0.05) is 37.6 Å². The number of anilines is 1. The number of nitrogens with two attached hydrogens (primary N) is 1. The van der Waals surface area contributed by atoms with Gasteiger partial charge in [0, 0.05) is 17.7 Å². The smallest absolute Gasteiger partial charge is 0.355 e. The maximum atomic E-state index is 13.4. The molecule has 0 atom stereocenters. The number of methoxy groups -OCH3 is 2. The Morgan fingerprint density at radius 3 is 2.51 bits per heavy atom. The first-order chi connectivity index (χ1) is 18.0. The van der Waals surface area contributed by atoms with Gasteiger partial charge in [0.1, 0.15) is 6.10 Å². The lowest BCUT2D eigenvalue weighted by Gasteiger charge is -2.23. The van der Waals surface area contributed by atoms with Gasteiger partial charge in [-0.25, -0.2) is 0 Å². The number of hydrogen-bond acceptors (Lipinski definition) is 8. The summed E-state index contributed by atoms with van der Waals surface area (Å²) in [6.45, 7) is 4.69. The van der Waals surface area contributed by atoms with Crippen molar-refractivity contribution in [3.05, 3.63) is 29.8 Å². The van der Waals surface area contributed by atoms with Crippen molar-refractivity contribution in [3.8, 4) is 23.1 Å². The Kier molecular flexibility index (Phi) is 8.68. The van der Waals surface area contributed by atoms with Gasteiger partial charge in [0.2, 0.25) is 11.5 Å². The van der Waals surface area contributed by atoms with Crippen LogP contribution in [0.15, 0.2) is 24.3 Å². The summed E-state index contributed by atoms with van der Waals surface area (Å²) in [5.41, 5.74) is 7.14. The molecule has 1 aliphatic rings. The number of benzene rings is 1. The van der Waals surface area contributed by atoms with Crippen LogP contribution < -0.4 is 29.4 Å². The molecule has 0 bridgehead atoms. The van der Waals surface area contributed by atoms with Gasteiger partial charge in [-0.15, -0.1) is 4.68 Å². The summed E-state index contributed by atoms with van der Waals surface area (Å²) in [6.07, 6.45) is 7.87. The van der Waals surface area contributed by atoms with Crippen molar-refractivity contribution >= 4 is 17.4 Å². The fourth-order valence-electron chi connectivity index (χ4n) is 4.77. The lowest BCUT2D eigenvalue weighted by Crippen LogP contribution is -2.40. The molecule has 1 aliphatic carbocycles. The fraction of sp³-hybridized carbons (Fsp3) is 0.556. The second kappa shape index (κ2) is 12.1. The SMILES string of the molecule is CCC(CC)Oc1ccc2n(n1)c(N)n[n+]2CC(=O)c1cc(OC)c(OC)c(OCC2CCCCC2)c1. The van der Waals surface area contributed by atoms with E-state index in [9.17, 15) is 4.79 Å². The molecule has 1 aromatic carbocycles. The van der Waals surface area contributed by atoms with Crippen LogP contribution >= 0.6 is 0 Å². The largest absolute Gasteiger partial charge is 0.493 e. The van der Waals surface area contributed by atoms with Crippen LogP contribution in [0.2, 0.25) is 0 Å². The number of Topliss-reactive ketones (excluding diaryl/α,β-unsaturated/α-hetero) is 1. The van der Waals surface area contributed by atoms with Crippen molar-refractivity contribution in [2.24, 2.45) is 5.92 Å². The standard InChI is InChI=1S/C27H38N5O5/c1-5-20(6-2)37-24-12-13-25-31(30-27(28)32(25)29-24)16-21(33)19-14-22(34-3)26(35-4)23(15-19)36-17-18-10-8-7-9-11-18/h12-15,18,20H,5-11,16-17H2,1-4H3,(H2,28,30)/q+1. The summed E-state index contributed by atoms with van der Waals surface area (Å²) >= 11 is 0. The van der Waals surface area contributed by atoms with Gasteiger partial charge >= 0.3 is 11.6 Å². The van der Waals surface area contributed by atoms with E-state index in [-0.39, 0.29) is 24.4 Å². The predicted octanol–water partition coefficient (Wildman–Crippen LogP) is 4.03. The van der Waals surface area contributed by atoms with Crippen LogP contribution in [0.4, 0.5) is 5.95 Å². The van der Waals surface area contributed by atoms with Crippen LogP contribution in [0.3, 0.4) is 0 Å². The highest BCUT2D eigenvalue weighted by atomic mass is 16.5. The quantitative estimate of drug-likeness (QED) is 0.286. The van der Waals surface area contributed by atoms with Crippen molar-refractivity contribution in [2.75, 3.05) is 26.6 Å². The summed E-state index contributed by atoms with van der Waals surface area (Å²) in [5, 5.41) is 8.81. The Balaban J connectivity index is 1.56. The van der Waals surface area contributed by atoms with E-state index >= 15 is 0 Å². The summed E-state index contributed by atoms with van der Waals surface area (Å²) in [6, 6.07) is 6.95. The highest BCUT2D eigenvalue weighted by Gasteiger charge is 2.25. The number of carbonyl (C=O) groups excluding carboxylic acids is 1. The Bertz CT molecular complexity index is 1220. The molecule has 0 unspecified atom stereocenters. The second-order valence-corrected chi connectivity index (χ2v) is 9.46. The fourth-order valence-corrected chi connectivity index (χ4v) is 4.77. The monoisotopic (exact) mass is 512 g/mol. The maximum Gasteiger partial charge on any atom is 0.355 e. The van der Waals surface area contributed by atoms with Crippen LogP contribution in [0.25, 0.3) is 5.65 Å². The third-order valence-corrected chi connectivity index (χ3v) is 6.95. The van der Waals surface area contributed by atoms with Gasteiger partial charge in [-0.3, -0.25) is 4.79 Å². The highest BCUT2D eigenvalue weighted by Crippen LogP contribution is 2.39. The third-order valence-electron chi connectivity index (χ3n) is 6.95. The number of nitrogen functional groups attached to an aromatic ring is 1. The van der Waals surface area contributed by atoms with Crippen molar-refractivity contribution in [1.29, 1.82) is 0 Å². The molecule has 0 saturated heterocycles. The molecule has 10 heteroatoms. The molecule has 0 spiro atoms. The Labute approximate surface area is 217 Å². The number of rotatable bonds is 12. The molecule has 10 nitrogen and oxygen atoms in total. The van der Waals surface area contributed by atoms with Crippen LogP contribution in [0, 0.1) is 5.92 Å². The van der Waals surface area contributed by atoms with Gasteiger partial charge in [0.15, 0.2) is 18.0 Å². The molecule has 1 saturated carbocycles. The molecule has 0 radical (unpaired) electrons. The topological polar surface area (TPSA) is 114 Å². The summed E-state index contributed by atoms with van der Waals surface area (Å²) in [7, 11) is 3.11. The number of ether oxygens (including phenoxy) is 4. The van der Waals surface area contributed by atoms with Gasteiger partial charge in [-0.2, -0.15) is 0 Å². The van der Waals surface area contributed by atoms with Crippen molar-refractivity contribution in [1.82, 2.24) is 14.7 Å². The molecule has 37 heavy (non-hydrogen) atoms. The van der Waals surface area contributed by atoms with Crippen molar-refractivity contribution < 1.29 is 28.4 Å². The normalized spacial score (nSPS) is 14.2. The van der Waals surface area contributed by atoms with Crippen LogP contribution in [-0.4, -0.2) is 47.4 Å². The first kappa shape index (κ1) is 26.5. The minimum atomic E-state index is -0.175. The van der Waals surface area contributed by atoms with E-state index in [0.717, 1.165) is 25.7 Å². The van der Waals surface area contributed by atoms with Gasteiger partial charge in [0.25, 0.3) is 5.88 Å². The molecule has 4 rings (SSSR count). The minimum absolute atomic E-state index is 0.0350. The lowest BCUT2D eigenvalue weighted by atomic mass is 9.90. The molecule has 1 fully saturated rings. The van der Waals surface area contributed by atoms with E-state index in [4.69, 9.17) is 24.7 Å². The Morgan fingerprint density at radius 2 is 1.84 bits per heavy atom. The molecular weight excluding hydrogens is 474 g/mol. The summed E-state index contributed by atoms with van der Waals surface area (Å²) < 4.78 is 26.2. The van der Waals surface area contributed by atoms with E-state index < -0.39 is 0 Å². The Morgan fingerprint density at radius 1 is 1.11 bits per heavy atom. The van der Waals surface area contributed by atoms with Crippen LogP contribution in [0.5, 0.6) is 23.1 Å². The lowest BCUT2D eigenvalue weighted by molar-refractivity contribution is -0.714. The number of aromatic nitrogens is 4. The third kappa shape index (κ3) is 6.06. The number of carbonyl (C=O) groups is 1. The first-order valence-corrected chi connectivity index (χ1v) is 13.1. The maximum absolute atomic E-state index is 13.4. The predicted molar refractivity (Wildman–Crippen MR) is 139 cm³/mol. The van der Waals surface area contributed by atoms with Gasteiger partial charge in [0.05, 0.1) is 20.8 Å². The van der Waals surface area contributed by atoms with Gasteiger partial charge in [-0.05, 0) is 53.9 Å². The molecular formula is C27H38N5O5+. The number of fused-ring (bicyclic) bond motifs is 1. The van der Waals surface area contributed by atoms with Crippen molar-refractivity contribution in [2.45, 2.75) is 71.4 Å². The van der Waals surface area contributed by atoms with Gasteiger partial charge < -0.3 is 24.7 Å². The molecule has 200 valence electrons. The molecule has 2 N–H and O–H groups in total. The number of ketones is 1. The molecule has 2 heterocycles. The molecule has 3 aromatic rings. The van der Waals surface area contributed by atoms with E-state index in [0.29, 0.717) is 46.9 Å². The second-order valence-electron chi connectivity index (χ2n) is 9.46. The minimum Gasteiger partial charge on any atom is -0.493 e. The van der Waals surface area contributed by atoms with Crippen LogP contribution in [-0.2, 0) is 6.54 Å². The average molecular weight is 513 g/mol.